The lowest BCUT2D eigenvalue weighted by Crippen LogP contribution is -2.16. The fourth-order valence-electron chi connectivity index (χ4n) is 2.17. The fraction of sp³-hybridized carbons (Fsp3) is 0.143. The minimum absolute atomic E-state index is 0. The highest BCUT2D eigenvalue weighted by atomic mass is 35.5. The van der Waals surface area contributed by atoms with E-state index in [1.807, 2.05) is 0 Å². The van der Waals surface area contributed by atoms with Gasteiger partial charge in [-0.2, -0.15) is 0 Å². The van der Waals surface area contributed by atoms with E-state index in [1.165, 1.54) is 18.2 Å². The predicted molar refractivity (Wildman–Crippen MR) is 102 cm³/mol. The highest BCUT2D eigenvalue weighted by Crippen LogP contribution is 2.27. The Morgan fingerprint density at radius 1 is 0.889 bits per heavy atom. The molecule has 2 aromatic rings. The van der Waals surface area contributed by atoms with Gasteiger partial charge in [-0.15, -0.1) is 12.4 Å². The van der Waals surface area contributed by atoms with Crippen molar-refractivity contribution < 1.29 is 18.3 Å². The van der Waals surface area contributed by atoms with Crippen LogP contribution in [0.1, 0.15) is 0 Å². The van der Waals surface area contributed by atoms with Crippen LogP contribution < -0.4 is 15.8 Å². The molecule has 0 atom stereocenters. The highest BCUT2D eigenvalue weighted by molar-refractivity contribution is 7.89. The Morgan fingerprint density at radius 2 is 1.41 bits per heavy atom. The summed E-state index contributed by atoms with van der Waals surface area (Å²) in [5.41, 5.74) is -0.108. The van der Waals surface area contributed by atoms with Crippen LogP contribution in [0.5, 0.6) is 0 Å². The van der Waals surface area contributed by atoms with Crippen molar-refractivity contribution in [3.63, 3.8) is 0 Å². The number of nitro groups is 2. The maximum atomic E-state index is 11.3. The normalized spacial score (nSPS) is 10.6. The molecule has 0 amide bonds. The van der Waals surface area contributed by atoms with Crippen molar-refractivity contribution in [2.75, 3.05) is 23.7 Å². The number of nitro benzene ring substituents is 2. The molecule has 2 aromatic carbocycles. The van der Waals surface area contributed by atoms with Gasteiger partial charge in [-0.3, -0.25) is 20.2 Å². The monoisotopic (exact) mass is 417 g/mol. The van der Waals surface area contributed by atoms with E-state index in [1.54, 1.807) is 12.1 Å². The molecule has 146 valence electrons. The van der Waals surface area contributed by atoms with Gasteiger partial charge in [0.15, 0.2) is 0 Å². The summed E-state index contributed by atoms with van der Waals surface area (Å²) < 4.78 is 22.6. The van der Waals surface area contributed by atoms with Crippen molar-refractivity contribution in [1.82, 2.24) is 0 Å². The molecule has 0 aliphatic heterocycles. The Kier molecular flexibility index (Phi) is 7.45. The summed E-state index contributed by atoms with van der Waals surface area (Å²) in [6.45, 7) is 0.431. The van der Waals surface area contributed by atoms with E-state index in [0.717, 1.165) is 12.1 Å². The minimum atomic E-state index is -4.06. The molecule has 0 unspecified atom stereocenters. The van der Waals surface area contributed by atoms with E-state index in [2.05, 4.69) is 10.6 Å². The van der Waals surface area contributed by atoms with Crippen molar-refractivity contribution in [3.05, 3.63) is 62.7 Å². The third-order valence-electron chi connectivity index (χ3n) is 3.35. The number of primary sulfonamides is 1. The second-order valence-electron chi connectivity index (χ2n) is 5.11. The molecule has 13 heteroatoms. The number of benzene rings is 2. The number of nitrogens with two attached hydrogens (primary N) is 1. The van der Waals surface area contributed by atoms with Gasteiger partial charge in [-0.1, -0.05) is 12.1 Å². The zero-order valence-corrected chi connectivity index (χ0v) is 15.3. The number of nitrogens with one attached hydrogen (secondary N) is 2. The summed E-state index contributed by atoms with van der Waals surface area (Å²) in [6.07, 6.45) is 0. The summed E-state index contributed by atoms with van der Waals surface area (Å²) in [4.78, 5) is 20.4. The number of hydrogen-bond acceptors (Lipinski definition) is 8. The molecule has 27 heavy (non-hydrogen) atoms. The molecule has 0 fully saturated rings. The zero-order valence-electron chi connectivity index (χ0n) is 13.7. The third-order valence-corrected chi connectivity index (χ3v) is 4.26. The molecule has 0 saturated carbocycles. The molecule has 0 aliphatic carbocycles. The first-order valence-corrected chi connectivity index (χ1v) is 8.77. The van der Waals surface area contributed by atoms with Gasteiger partial charge < -0.3 is 10.6 Å². The van der Waals surface area contributed by atoms with Crippen LogP contribution in [0.25, 0.3) is 0 Å². The minimum Gasteiger partial charge on any atom is -0.378 e. The summed E-state index contributed by atoms with van der Waals surface area (Å²) in [7, 11) is -4.06. The van der Waals surface area contributed by atoms with E-state index < -0.39 is 25.6 Å². The lowest BCUT2D eigenvalue weighted by Gasteiger charge is -2.10. The van der Waals surface area contributed by atoms with E-state index in [9.17, 15) is 28.6 Å². The molecule has 0 bridgehead atoms. The highest BCUT2D eigenvalue weighted by Gasteiger charge is 2.19. The van der Waals surface area contributed by atoms with Crippen molar-refractivity contribution in [3.8, 4) is 0 Å². The van der Waals surface area contributed by atoms with Gasteiger partial charge in [0.2, 0.25) is 10.0 Å². The third kappa shape index (κ3) is 5.77. The van der Waals surface area contributed by atoms with Crippen molar-refractivity contribution >= 4 is 45.2 Å². The smallest absolute Gasteiger partial charge is 0.293 e. The predicted octanol–water partition coefficient (Wildman–Crippen LogP) is 2.10. The van der Waals surface area contributed by atoms with Crippen LogP contribution in [0, 0.1) is 20.2 Å². The topological polar surface area (TPSA) is 170 Å². The molecule has 0 aromatic heterocycles. The van der Waals surface area contributed by atoms with E-state index in [0.29, 0.717) is 5.69 Å². The zero-order chi connectivity index (χ0) is 19.3. The Hall–Kier alpha value is -2.96. The van der Waals surface area contributed by atoms with Gasteiger partial charge in [0.05, 0.1) is 14.7 Å². The van der Waals surface area contributed by atoms with Crippen LogP contribution in [0.15, 0.2) is 47.4 Å². The van der Waals surface area contributed by atoms with Crippen LogP contribution in [-0.4, -0.2) is 31.4 Å². The number of halogens is 1. The number of nitrogens with zero attached hydrogens (tertiary/aromatic N) is 2. The first-order valence-electron chi connectivity index (χ1n) is 7.22. The second kappa shape index (κ2) is 9.12. The van der Waals surface area contributed by atoms with Crippen molar-refractivity contribution in [1.29, 1.82) is 0 Å². The largest absolute Gasteiger partial charge is 0.378 e. The van der Waals surface area contributed by atoms with Crippen molar-refractivity contribution in [2.24, 2.45) is 5.14 Å². The average Bonchev–Trinajstić information content (AvgIpc) is 2.58. The van der Waals surface area contributed by atoms with Crippen LogP contribution in [-0.2, 0) is 10.0 Å². The number of sulfonamides is 1. The molecule has 11 nitrogen and oxygen atoms in total. The Bertz CT molecular complexity index is 953. The first kappa shape index (κ1) is 22.1. The molecule has 0 heterocycles. The molecule has 0 aliphatic rings. The quantitative estimate of drug-likeness (QED) is 0.333. The summed E-state index contributed by atoms with van der Waals surface area (Å²) in [5.74, 6) is 0. The fourth-order valence-corrected chi connectivity index (χ4v) is 2.70. The SMILES string of the molecule is Cl.NS(=O)(=O)c1ccc(NCCNc2ccccc2[N+](=O)[O-])c([N+](=O)[O-])c1. The number of para-hydroxylation sites is 2. The summed E-state index contributed by atoms with van der Waals surface area (Å²) in [5, 5.41) is 32.6. The standard InChI is InChI=1S/C14H15N5O6S.ClH/c15-26(24,25)10-5-6-12(14(9-10)19(22)23)17-8-7-16-11-3-1-2-4-13(11)18(20)21;/h1-6,9,16-17H,7-8H2,(H2,15,24,25);1H. The van der Waals surface area contributed by atoms with Gasteiger partial charge in [-0.05, 0) is 18.2 Å². The second-order valence-corrected chi connectivity index (χ2v) is 6.67. The number of rotatable bonds is 8. The van der Waals surface area contributed by atoms with Crippen LogP contribution >= 0.6 is 12.4 Å². The Balaban J connectivity index is 0.00000364. The maximum absolute atomic E-state index is 11.3. The Morgan fingerprint density at radius 3 is 1.93 bits per heavy atom. The summed E-state index contributed by atoms with van der Waals surface area (Å²) in [6, 6.07) is 9.34. The number of hydrogen-bond donors (Lipinski definition) is 3. The van der Waals surface area contributed by atoms with Crippen LogP contribution in [0.3, 0.4) is 0 Å². The lowest BCUT2D eigenvalue weighted by molar-refractivity contribution is -0.384. The van der Waals surface area contributed by atoms with E-state index >= 15 is 0 Å². The van der Waals surface area contributed by atoms with Gasteiger partial charge in [-0.25, -0.2) is 13.6 Å². The van der Waals surface area contributed by atoms with Gasteiger partial charge >= 0.3 is 0 Å². The van der Waals surface area contributed by atoms with Gasteiger partial charge in [0.1, 0.15) is 11.4 Å². The van der Waals surface area contributed by atoms with Crippen LogP contribution in [0.4, 0.5) is 22.7 Å². The van der Waals surface area contributed by atoms with Gasteiger partial charge in [0.25, 0.3) is 11.4 Å². The lowest BCUT2D eigenvalue weighted by atomic mass is 10.2. The molecular formula is C14H16ClN5O6S. The van der Waals surface area contributed by atoms with Gasteiger partial charge in [0, 0.05) is 25.2 Å². The van der Waals surface area contributed by atoms with E-state index in [-0.39, 0.29) is 41.8 Å². The molecule has 4 N–H and O–H groups in total. The average molecular weight is 418 g/mol. The van der Waals surface area contributed by atoms with Crippen LogP contribution in [0.2, 0.25) is 0 Å². The molecule has 0 spiro atoms. The Labute approximate surface area is 160 Å². The number of anilines is 2. The molecular weight excluding hydrogens is 402 g/mol. The first-order chi connectivity index (χ1) is 12.2. The molecule has 0 radical (unpaired) electrons. The maximum Gasteiger partial charge on any atom is 0.293 e. The molecule has 0 saturated heterocycles. The van der Waals surface area contributed by atoms with E-state index in [4.69, 9.17) is 5.14 Å². The van der Waals surface area contributed by atoms with Crippen molar-refractivity contribution in [2.45, 2.75) is 4.90 Å². The summed E-state index contributed by atoms with van der Waals surface area (Å²) >= 11 is 0. The molecule has 2 rings (SSSR count).